The van der Waals surface area contributed by atoms with Crippen molar-refractivity contribution in [3.63, 3.8) is 0 Å². The van der Waals surface area contributed by atoms with Gasteiger partial charge in [0.2, 0.25) is 0 Å². The standard InChI is InChI=1S/C7H17O3P/c1-6(7(2,3)4)5-11(8,9)10/h6H,5H2,1-4H3,(H2,8,9,10)/t6-/m0/s1. The molecule has 68 valence electrons. The van der Waals surface area contributed by atoms with E-state index in [2.05, 4.69) is 0 Å². The molecule has 0 spiro atoms. The molecule has 0 aromatic heterocycles. The molecular weight excluding hydrogens is 163 g/mol. The Kier molecular flexibility index (Phi) is 3.30. The zero-order valence-corrected chi connectivity index (χ0v) is 8.43. The van der Waals surface area contributed by atoms with Gasteiger partial charge >= 0.3 is 7.60 Å². The summed E-state index contributed by atoms with van der Waals surface area (Å²) in [5.74, 6) is 0.0448. The molecule has 0 aliphatic rings. The molecule has 0 radical (unpaired) electrons. The molecule has 0 heterocycles. The fourth-order valence-electron chi connectivity index (χ4n) is 0.631. The Labute approximate surface area is 68.0 Å². The van der Waals surface area contributed by atoms with Crippen molar-refractivity contribution in [2.45, 2.75) is 27.7 Å². The average molecular weight is 180 g/mol. The zero-order chi connectivity index (χ0) is 9.28. The maximum atomic E-state index is 10.6. The molecule has 0 rings (SSSR count). The smallest absolute Gasteiger partial charge is 0.324 e. The van der Waals surface area contributed by atoms with Crippen LogP contribution in [0.3, 0.4) is 0 Å². The van der Waals surface area contributed by atoms with Gasteiger partial charge in [-0.1, -0.05) is 27.7 Å². The predicted octanol–water partition coefficient (Wildman–Crippen LogP) is 1.85. The Balaban J connectivity index is 4.10. The Morgan fingerprint density at radius 1 is 1.36 bits per heavy atom. The van der Waals surface area contributed by atoms with E-state index in [1.54, 1.807) is 0 Å². The quantitative estimate of drug-likeness (QED) is 0.637. The van der Waals surface area contributed by atoms with Gasteiger partial charge in [0.15, 0.2) is 0 Å². The number of rotatable bonds is 2. The largest absolute Gasteiger partial charge is 0.325 e. The van der Waals surface area contributed by atoms with Gasteiger partial charge in [0, 0.05) is 0 Å². The summed E-state index contributed by atoms with van der Waals surface area (Å²) in [7, 11) is -3.82. The molecule has 3 nitrogen and oxygen atoms in total. The lowest BCUT2D eigenvalue weighted by atomic mass is 9.83. The molecule has 1 atom stereocenters. The first kappa shape index (κ1) is 11.2. The van der Waals surface area contributed by atoms with E-state index < -0.39 is 7.60 Å². The molecule has 0 aliphatic heterocycles. The lowest BCUT2D eigenvalue weighted by Crippen LogP contribution is -2.20. The van der Waals surface area contributed by atoms with Crippen LogP contribution < -0.4 is 0 Å². The first-order chi connectivity index (χ1) is 4.63. The molecule has 0 saturated heterocycles. The van der Waals surface area contributed by atoms with Gasteiger partial charge in [-0.2, -0.15) is 0 Å². The number of hydrogen-bond donors (Lipinski definition) is 2. The summed E-state index contributed by atoms with van der Waals surface area (Å²) in [6.07, 6.45) is -0.0174. The molecule has 0 bridgehead atoms. The highest BCUT2D eigenvalue weighted by Gasteiger charge is 2.27. The maximum Gasteiger partial charge on any atom is 0.325 e. The summed E-state index contributed by atoms with van der Waals surface area (Å²) in [6.45, 7) is 7.80. The third-order valence-electron chi connectivity index (χ3n) is 1.99. The van der Waals surface area contributed by atoms with E-state index in [4.69, 9.17) is 9.79 Å². The highest BCUT2D eigenvalue weighted by atomic mass is 31.2. The highest BCUT2D eigenvalue weighted by Crippen LogP contribution is 2.41. The summed E-state index contributed by atoms with van der Waals surface area (Å²) >= 11 is 0. The summed E-state index contributed by atoms with van der Waals surface area (Å²) in [5.41, 5.74) is -0.0267. The van der Waals surface area contributed by atoms with E-state index in [1.165, 1.54) is 0 Å². The predicted molar refractivity (Wildman–Crippen MR) is 45.5 cm³/mol. The van der Waals surface area contributed by atoms with Gasteiger partial charge in [-0.25, -0.2) is 0 Å². The molecule has 0 aromatic carbocycles. The summed E-state index contributed by atoms with van der Waals surface area (Å²) in [6, 6.07) is 0. The Bertz CT molecular complexity index is 165. The Morgan fingerprint density at radius 2 is 1.73 bits per heavy atom. The van der Waals surface area contributed by atoms with E-state index in [-0.39, 0.29) is 17.5 Å². The van der Waals surface area contributed by atoms with Crippen LogP contribution in [-0.4, -0.2) is 15.9 Å². The van der Waals surface area contributed by atoms with E-state index in [1.807, 2.05) is 27.7 Å². The van der Waals surface area contributed by atoms with Gasteiger partial charge in [-0.05, 0) is 11.3 Å². The van der Waals surface area contributed by atoms with Crippen molar-refractivity contribution in [1.29, 1.82) is 0 Å². The van der Waals surface area contributed by atoms with Crippen LogP contribution in [0.15, 0.2) is 0 Å². The third-order valence-corrected chi connectivity index (χ3v) is 3.01. The van der Waals surface area contributed by atoms with E-state index in [9.17, 15) is 4.57 Å². The molecule has 0 unspecified atom stereocenters. The first-order valence-corrected chi connectivity index (χ1v) is 5.47. The maximum absolute atomic E-state index is 10.6. The zero-order valence-electron chi connectivity index (χ0n) is 7.53. The van der Waals surface area contributed by atoms with Gasteiger partial charge in [0.1, 0.15) is 0 Å². The minimum absolute atomic E-state index is 0.0174. The second-order valence-corrected chi connectivity index (χ2v) is 5.81. The van der Waals surface area contributed by atoms with E-state index in [0.717, 1.165) is 0 Å². The van der Waals surface area contributed by atoms with Crippen molar-refractivity contribution in [1.82, 2.24) is 0 Å². The molecule has 0 amide bonds. The van der Waals surface area contributed by atoms with Crippen molar-refractivity contribution in [2.75, 3.05) is 6.16 Å². The Hall–Kier alpha value is 0.150. The van der Waals surface area contributed by atoms with Crippen molar-refractivity contribution in [3.05, 3.63) is 0 Å². The topological polar surface area (TPSA) is 57.5 Å². The van der Waals surface area contributed by atoms with Crippen LogP contribution in [0.25, 0.3) is 0 Å². The molecule has 0 fully saturated rings. The van der Waals surface area contributed by atoms with Crippen molar-refractivity contribution in [3.8, 4) is 0 Å². The fourth-order valence-corrected chi connectivity index (χ4v) is 1.89. The van der Waals surface area contributed by atoms with E-state index in [0.29, 0.717) is 0 Å². The molecule has 0 saturated carbocycles. The number of hydrogen-bond acceptors (Lipinski definition) is 1. The van der Waals surface area contributed by atoms with Crippen LogP contribution in [-0.2, 0) is 4.57 Å². The monoisotopic (exact) mass is 180 g/mol. The molecule has 11 heavy (non-hydrogen) atoms. The van der Waals surface area contributed by atoms with Crippen LogP contribution in [0.5, 0.6) is 0 Å². The van der Waals surface area contributed by atoms with Crippen molar-refractivity contribution in [2.24, 2.45) is 11.3 Å². The fraction of sp³-hybridized carbons (Fsp3) is 1.00. The normalized spacial score (nSPS) is 16.5. The van der Waals surface area contributed by atoms with Crippen LogP contribution in [0, 0.1) is 11.3 Å². The highest BCUT2D eigenvalue weighted by molar-refractivity contribution is 7.51. The third kappa shape index (κ3) is 5.42. The lowest BCUT2D eigenvalue weighted by Gasteiger charge is -2.27. The average Bonchev–Trinajstić information content (AvgIpc) is 1.56. The minimum atomic E-state index is -3.82. The van der Waals surface area contributed by atoms with Gasteiger partial charge in [-0.15, -0.1) is 0 Å². The van der Waals surface area contributed by atoms with Gasteiger partial charge < -0.3 is 9.79 Å². The SMILES string of the molecule is C[C@@H](CP(=O)(O)O)C(C)(C)C. The van der Waals surface area contributed by atoms with Gasteiger partial charge in [-0.3, -0.25) is 4.57 Å². The van der Waals surface area contributed by atoms with Crippen LogP contribution >= 0.6 is 7.60 Å². The minimum Gasteiger partial charge on any atom is -0.324 e. The molecular formula is C7H17O3P. The Morgan fingerprint density at radius 3 is 1.82 bits per heavy atom. The van der Waals surface area contributed by atoms with E-state index >= 15 is 0 Å². The molecule has 4 heteroatoms. The van der Waals surface area contributed by atoms with Gasteiger partial charge in [0.05, 0.1) is 6.16 Å². The van der Waals surface area contributed by atoms with Crippen molar-refractivity contribution < 1.29 is 14.4 Å². The van der Waals surface area contributed by atoms with Crippen LogP contribution in [0.4, 0.5) is 0 Å². The van der Waals surface area contributed by atoms with Gasteiger partial charge in [0.25, 0.3) is 0 Å². The van der Waals surface area contributed by atoms with Crippen LogP contribution in [0.2, 0.25) is 0 Å². The summed E-state index contributed by atoms with van der Waals surface area (Å²) < 4.78 is 10.6. The second-order valence-electron chi connectivity index (χ2n) is 4.11. The molecule has 0 aromatic rings. The molecule has 2 N–H and O–H groups in total. The van der Waals surface area contributed by atoms with Crippen LogP contribution in [0.1, 0.15) is 27.7 Å². The second kappa shape index (κ2) is 3.26. The van der Waals surface area contributed by atoms with Crippen molar-refractivity contribution >= 4 is 7.60 Å². The summed E-state index contributed by atoms with van der Waals surface area (Å²) in [5, 5.41) is 0. The summed E-state index contributed by atoms with van der Waals surface area (Å²) in [4.78, 5) is 17.3. The first-order valence-electron chi connectivity index (χ1n) is 3.67. The molecule has 0 aliphatic carbocycles. The lowest BCUT2D eigenvalue weighted by molar-refractivity contribution is 0.267.